The van der Waals surface area contributed by atoms with Crippen LogP contribution in [-0.4, -0.2) is 29.9 Å². The standard InChI is InChI=1S/C15H20F2N2O/c1-11(4-6-19-5-2-3-15(19)20)18-10-12-7-13(16)9-14(17)8-12/h7-9,11,18H,2-6,10H2,1H3/t11-/m1/s1. The first-order valence-electron chi connectivity index (χ1n) is 7.01. The van der Waals surface area contributed by atoms with Crippen molar-refractivity contribution in [2.24, 2.45) is 0 Å². The molecule has 2 rings (SSSR count). The SMILES string of the molecule is C[C@H](CCN1CCCC1=O)NCc1cc(F)cc(F)c1. The Hall–Kier alpha value is -1.49. The van der Waals surface area contributed by atoms with Gasteiger partial charge >= 0.3 is 0 Å². The fraction of sp³-hybridized carbons (Fsp3) is 0.533. The first kappa shape index (κ1) is 14.9. The molecule has 0 radical (unpaired) electrons. The largest absolute Gasteiger partial charge is 0.343 e. The van der Waals surface area contributed by atoms with Crippen LogP contribution >= 0.6 is 0 Å². The Morgan fingerprint density at radius 1 is 1.30 bits per heavy atom. The summed E-state index contributed by atoms with van der Waals surface area (Å²) >= 11 is 0. The van der Waals surface area contributed by atoms with Crippen LogP contribution in [0.3, 0.4) is 0 Å². The highest BCUT2D eigenvalue weighted by atomic mass is 19.1. The lowest BCUT2D eigenvalue weighted by atomic mass is 10.1. The minimum atomic E-state index is -0.558. The third-order valence-electron chi connectivity index (χ3n) is 3.58. The smallest absolute Gasteiger partial charge is 0.222 e. The fourth-order valence-electron chi connectivity index (χ4n) is 2.40. The third-order valence-corrected chi connectivity index (χ3v) is 3.58. The van der Waals surface area contributed by atoms with Gasteiger partial charge in [0.15, 0.2) is 0 Å². The number of hydrogen-bond donors (Lipinski definition) is 1. The molecule has 1 aromatic carbocycles. The molecule has 1 amide bonds. The van der Waals surface area contributed by atoms with Crippen LogP contribution in [0.5, 0.6) is 0 Å². The van der Waals surface area contributed by atoms with Gasteiger partial charge in [0.25, 0.3) is 0 Å². The summed E-state index contributed by atoms with van der Waals surface area (Å²) in [6, 6.07) is 3.71. The van der Waals surface area contributed by atoms with E-state index in [-0.39, 0.29) is 11.9 Å². The number of likely N-dealkylation sites (tertiary alicyclic amines) is 1. The number of nitrogens with zero attached hydrogens (tertiary/aromatic N) is 1. The van der Waals surface area contributed by atoms with E-state index in [4.69, 9.17) is 0 Å². The van der Waals surface area contributed by atoms with Gasteiger partial charge in [-0.05, 0) is 37.5 Å². The first-order chi connectivity index (χ1) is 9.54. The molecule has 1 fully saturated rings. The maximum absolute atomic E-state index is 13.0. The molecule has 5 heteroatoms. The number of hydrogen-bond acceptors (Lipinski definition) is 2. The molecule has 1 aliphatic rings. The zero-order valence-electron chi connectivity index (χ0n) is 11.7. The lowest BCUT2D eigenvalue weighted by Crippen LogP contribution is -2.32. The van der Waals surface area contributed by atoms with E-state index in [0.717, 1.165) is 32.0 Å². The molecule has 0 bridgehead atoms. The number of benzene rings is 1. The summed E-state index contributed by atoms with van der Waals surface area (Å²) in [7, 11) is 0. The van der Waals surface area contributed by atoms with Gasteiger partial charge in [0.2, 0.25) is 5.91 Å². The van der Waals surface area contributed by atoms with E-state index in [1.165, 1.54) is 12.1 Å². The average Bonchev–Trinajstić information content (AvgIpc) is 2.78. The number of rotatable bonds is 6. The molecular formula is C15H20F2N2O. The molecule has 1 heterocycles. The second kappa shape index (κ2) is 6.79. The van der Waals surface area contributed by atoms with Crippen molar-refractivity contribution in [1.29, 1.82) is 0 Å². The topological polar surface area (TPSA) is 32.3 Å². The van der Waals surface area contributed by atoms with Crippen molar-refractivity contribution in [3.05, 3.63) is 35.4 Å². The Morgan fingerprint density at radius 3 is 2.60 bits per heavy atom. The number of nitrogens with one attached hydrogen (secondary N) is 1. The fourth-order valence-corrected chi connectivity index (χ4v) is 2.40. The van der Waals surface area contributed by atoms with Crippen LogP contribution < -0.4 is 5.32 Å². The van der Waals surface area contributed by atoms with Crippen molar-refractivity contribution in [2.75, 3.05) is 13.1 Å². The summed E-state index contributed by atoms with van der Waals surface area (Å²) in [6.45, 7) is 4.02. The molecule has 1 saturated heterocycles. The summed E-state index contributed by atoms with van der Waals surface area (Å²) in [5.41, 5.74) is 0.589. The van der Waals surface area contributed by atoms with Gasteiger partial charge in [-0.2, -0.15) is 0 Å². The number of carbonyl (C=O) groups excluding carboxylic acids is 1. The molecule has 0 spiro atoms. The van der Waals surface area contributed by atoms with Gasteiger partial charge in [-0.1, -0.05) is 0 Å². The molecule has 0 unspecified atom stereocenters. The normalized spacial score (nSPS) is 16.8. The van der Waals surface area contributed by atoms with Crippen molar-refractivity contribution >= 4 is 5.91 Å². The second-order valence-electron chi connectivity index (χ2n) is 5.33. The van der Waals surface area contributed by atoms with Crippen LogP contribution in [-0.2, 0) is 11.3 Å². The average molecular weight is 282 g/mol. The van der Waals surface area contributed by atoms with Crippen LogP contribution in [0.1, 0.15) is 31.7 Å². The van der Waals surface area contributed by atoms with E-state index < -0.39 is 11.6 Å². The van der Waals surface area contributed by atoms with E-state index in [1.54, 1.807) is 0 Å². The van der Waals surface area contributed by atoms with Crippen molar-refractivity contribution < 1.29 is 13.6 Å². The number of halogens is 2. The molecule has 110 valence electrons. The molecule has 1 aliphatic heterocycles. The highest BCUT2D eigenvalue weighted by Gasteiger charge is 2.19. The van der Waals surface area contributed by atoms with Crippen LogP contribution in [0.4, 0.5) is 8.78 Å². The van der Waals surface area contributed by atoms with E-state index in [9.17, 15) is 13.6 Å². The van der Waals surface area contributed by atoms with E-state index in [0.29, 0.717) is 18.5 Å². The minimum absolute atomic E-state index is 0.190. The Labute approximate surface area is 118 Å². The van der Waals surface area contributed by atoms with Gasteiger partial charge in [0, 0.05) is 38.2 Å². The zero-order chi connectivity index (χ0) is 14.5. The van der Waals surface area contributed by atoms with E-state index in [1.807, 2.05) is 11.8 Å². The van der Waals surface area contributed by atoms with Gasteiger partial charge in [-0.15, -0.1) is 0 Å². The Balaban J connectivity index is 1.74. The third kappa shape index (κ3) is 4.27. The molecule has 3 nitrogen and oxygen atoms in total. The lowest BCUT2D eigenvalue weighted by Gasteiger charge is -2.19. The van der Waals surface area contributed by atoms with Crippen molar-refractivity contribution in [1.82, 2.24) is 10.2 Å². The molecule has 1 aromatic rings. The summed E-state index contributed by atoms with van der Waals surface area (Å²) in [6.07, 6.45) is 2.44. The van der Waals surface area contributed by atoms with Crippen LogP contribution in [0.25, 0.3) is 0 Å². The second-order valence-corrected chi connectivity index (χ2v) is 5.33. The molecule has 0 aliphatic carbocycles. The molecule has 20 heavy (non-hydrogen) atoms. The van der Waals surface area contributed by atoms with Gasteiger partial charge in [-0.25, -0.2) is 8.78 Å². The predicted molar refractivity (Wildman–Crippen MR) is 73.1 cm³/mol. The first-order valence-corrected chi connectivity index (χ1v) is 7.01. The number of carbonyl (C=O) groups is 1. The molecular weight excluding hydrogens is 262 g/mol. The van der Waals surface area contributed by atoms with Crippen LogP contribution in [0.15, 0.2) is 18.2 Å². The molecule has 1 atom stereocenters. The maximum Gasteiger partial charge on any atom is 0.222 e. The predicted octanol–water partition coefficient (Wildman–Crippen LogP) is 2.46. The van der Waals surface area contributed by atoms with Crippen molar-refractivity contribution in [3.63, 3.8) is 0 Å². The lowest BCUT2D eigenvalue weighted by molar-refractivity contribution is -0.127. The molecule has 0 saturated carbocycles. The Morgan fingerprint density at radius 2 is 2.00 bits per heavy atom. The Kier molecular flexibility index (Phi) is 5.06. The van der Waals surface area contributed by atoms with Crippen molar-refractivity contribution in [3.8, 4) is 0 Å². The van der Waals surface area contributed by atoms with E-state index >= 15 is 0 Å². The number of amides is 1. The van der Waals surface area contributed by atoms with Crippen LogP contribution in [0, 0.1) is 11.6 Å². The highest BCUT2D eigenvalue weighted by molar-refractivity contribution is 5.77. The van der Waals surface area contributed by atoms with Crippen molar-refractivity contribution in [2.45, 2.75) is 38.8 Å². The minimum Gasteiger partial charge on any atom is -0.343 e. The summed E-state index contributed by atoms with van der Waals surface area (Å²) in [4.78, 5) is 13.3. The molecule has 0 aromatic heterocycles. The maximum atomic E-state index is 13.0. The monoisotopic (exact) mass is 282 g/mol. The Bertz CT molecular complexity index is 459. The molecule has 1 N–H and O–H groups in total. The quantitative estimate of drug-likeness (QED) is 0.869. The van der Waals surface area contributed by atoms with Gasteiger partial charge in [-0.3, -0.25) is 4.79 Å². The van der Waals surface area contributed by atoms with Crippen LogP contribution in [0.2, 0.25) is 0 Å². The summed E-state index contributed by atoms with van der Waals surface area (Å²) in [5, 5.41) is 3.22. The van der Waals surface area contributed by atoms with Gasteiger partial charge in [0.1, 0.15) is 11.6 Å². The zero-order valence-corrected chi connectivity index (χ0v) is 11.7. The summed E-state index contributed by atoms with van der Waals surface area (Å²) < 4.78 is 26.1. The highest BCUT2D eigenvalue weighted by Crippen LogP contribution is 2.11. The van der Waals surface area contributed by atoms with E-state index in [2.05, 4.69) is 5.32 Å². The van der Waals surface area contributed by atoms with Gasteiger partial charge < -0.3 is 10.2 Å². The summed E-state index contributed by atoms with van der Waals surface area (Å²) in [5.74, 6) is -0.890. The van der Waals surface area contributed by atoms with Gasteiger partial charge in [0.05, 0.1) is 0 Å².